The Balaban J connectivity index is 1.23. The van der Waals surface area contributed by atoms with Crippen molar-refractivity contribution >= 4 is 32.7 Å². The van der Waals surface area contributed by atoms with Gasteiger partial charge in [-0.25, -0.2) is 9.78 Å². The predicted molar refractivity (Wildman–Crippen MR) is 100 cm³/mol. The van der Waals surface area contributed by atoms with E-state index >= 15 is 0 Å². The molecule has 26 heavy (non-hydrogen) atoms. The largest absolute Gasteiger partial charge is 0.497 e. The lowest BCUT2D eigenvalue weighted by Gasteiger charge is -2.38. The number of anilines is 1. The van der Waals surface area contributed by atoms with Crippen LogP contribution in [0.25, 0.3) is 10.2 Å². The fourth-order valence-corrected chi connectivity index (χ4v) is 3.68. The number of esters is 1. The Hall–Kier alpha value is -2.80. The molecule has 134 valence electrons. The van der Waals surface area contributed by atoms with Gasteiger partial charge in [-0.05, 0) is 36.4 Å². The second kappa shape index (κ2) is 7.21. The van der Waals surface area contributed by atoms with Crippen molar-refractivity contribution in [3.63, 3.8) is 0 Å². The first-order chi connectivity index (χ1) is 12.7. The van der Waals surface area contributed by atoms with E-state index in [1.807, 2.05) is 18.2 Å². The summed E-state index contributed by atoms with van der Waals surface area (Å²) in [6.07, 6.45) is -0.117. The number of hydrogen-bond acceptors (Lipinski definition) is 7. The summed E-state index contributed by atoms with van der Waals surface area (Å²) in [6.45, 7) is 1.21. The molecule has 6 nitrogen and oxygen atoms in total. The molecule has 0 aliphatic carbocycles. The molecule has 0 N–H and O–H groups in total. The zero-order valence-electron chi connectivity index (χ0n) is 14.3. The van der Waals surface area contributed by atoms with Crippen LogP contribution < -0.4 is 14.4 Å². The minimum Gasteiger partial charge on any atom is -0.497 e. The number of carbonyl (C=O) groups is 1. The standard InChI is InChI=1S/C19H18N2O4S/c1-23-13-6-8-14(9-7-13)24-12-18(22)25-15-10-21(11-15)19-20-16-4-2-3-5-17(16)26-19/h2-9,15H,10-12H2,1H3. The Bertz CT molecular complexity index is 870. The van der Waals surface area contributed by atoms with Crippen LogP contribution in [-0.2, 0) is 9.53 Å². The van der Waals surface area contributed by atoms with Crippen molar-refractivity contribution in [1.29, 1.82) is 0 Å². The number of benzene rings is 2. The summed E-state index contributed by atoms with van der Waals surface area (Å²) in [5.41, 5.74) is 1.00. The van der Waals surface area contributed by atoms with Gasteiger partial charge in [-0.15, -0.1) is 0 Å². The summed E-state index contributed by atoms with van der Waals surface area (Å²) in [4.78, 5) is 18.6. The molecular weight excluding hydrogens is 352 g/mol. The van der Waals surface area contributed by atoms with Crippen molar-refractivity contribution < 1.29 is 19.0 Å². The number of rotatable bonds is 6. The summed E-state index contributed by atoms with van der Waals surface area (Å²) in [5, 5.41) is 0.966. The van der Waals surface area contributed by atoms with Gasteiger partial charge in [0.15, 0.2) is 11.7 Å². The normalized spacial score (nSPS) is 14.1. The number of nitrogens with zero attached hydrogens (tertiary/aromatic N) is 2. The maximum absolute atomic E-state index is 11.9. The Morgan fingerprint density at radius 3 is 2.62 bits per heavy atom. The minimum absolute atomic E-state index is 0.107. The first kappa shape index (κ1) is 16.7. The Labute approximate surface area is 154 Å². The maximum Gasteiger partial charge on any atom is 0.344 e. The van der Waals surface area contributed by atoms with Crippen LogP contribution in [0.15, 0.2) is 48.5 Å². The molecule has 1 aromatic heterocycles. The molecule has 0 atom stereocenters. The molecule has 1 saturated heterocycles. The monoisotopic (exact) mass is 370 g/mol. The predicted octanol–water partition coefficient (Wildman–Crippen LogP) is 3.12. The topological polar surface area (TPSA) is 60.9 Å². The number of thiazole rings is 1. The van der Waals surface area contributed by atoms with Crippen LogP contribution in [0.2, 0.25) is 0 Å². The molecule has 2 heterocycles. The average Bonchev–Trinajstić information content (AvgIpc) is 3.06. The highest BCUT2D eigenvalue weighted by atomic mass is 32.1. The van der Waals surface area contributed by atoms with Gasteiger partial charge in [0, 0.05) is 0 Å². The van der Waals surface area contributed by atoms with Crippen LogP contribution >= 0.6 is 11.3 Å². The molecule has 0 saturated carbocycles. The Morgan fingerprint density at radius 2 is 1.88 bits per heavy atom. The van der Waals surface area contributed by atoms with Crippen molar-refractivity contribution in [2.24, 2.45) is 0 Å². The molecule has 1 fully saturated rings. The molecule has 3 aromatic rings. The van der Waals surface area contributed by atoms with E-state index in [4.69, 9.17) is 14.2 Å². The van der Waals surface area contributed by atoms with Crippen molar-refractivity contribution in [3.8, 4) is 11.5 Å². The van der Waals surface area contributed by atoms with Gasteiger partial charge in [0.05, 0.1) is 30.4 Å². The van der Waals surface area contributed by atoms with Gasteiger partial charge in [-0.1, -0.05) is 23.5 Å². The van der Waals surface area contributed by atoms with Gasteiger partial charge in [0.1, 0.15) is 17.6 Å². The maximum atomic E-state index is 11.9. The summed E-state index contributed by atoms with van der Waals surface area (Å²) in [7, 11) is 1.60. The van der Waals surface area contributed by atoms with Gasteiger partial charge < -0.3 is 19.1 Å². The van der Waals surface area contributed by atoms with E-state index in [0.29, 0.717) is 18.8 Å². The minimum atomic E-state index is -0.366. The molecule has 4 rings (SSSR count). The van der Waals surface area contributed by atoms with Crippen LogP contribution in [-0.4, -0.2) is 43.9 Å². The quantitative estimate of drug-likeness (QED) is 0.622. The van der Waals surface area contributed by atoms with Crippen molar-refractivity contribution in [2.45, 2.75) is 6.10 Å². The highest BCUT2D eigenvalue weighted by Crippen LogP contribution is 2.31. The number of hydrogen-bond donors (Lipinski definition) is 0. The lowest BCUT2D eigenvalue weighted by Crippen LogP contribution is -2.53. The molecule has 0 amide bonds. The number of methoxy groups -OCH3 is 1. The van der Waals surface area contributed by atoms with Gasteiger partial charge in [-0.3, -0.25) is 0 Å². The van der Waals surface area contributed by atoms with E-state index in [9.17, 15) is 4.79 Å². The van der Waals surface area contributed by atoms with E-state index in [1.165, 1.54) is 0 Å². The molecule has 0 spiro atoms. The van der Waals surface area contributed by atoms with Crippen LogP contribution in [0, 0.1) is 0 Å². The van der Waals surface area contributed by atoms with Gasteiger partial charge in [0.25, 0.3) is 0 Å². The third-order valence-electron chi connectivity index (χ3n) is 4.12. The summed E-state index contributed by atoms with van der Waals surface area (Å²) in [5.74, 6) is 0.978. The van der Waals surface area contributed by atoms with Crippen molar-refractivity contribution in [3.05, 3.63) is 48.5 Å². The second-order valence-electron chi connectivity index (χ2n) is 5.95. The number of carbonyl (C=O) groups excluding carboxylic acids is 1. The highest BCUT2D eigenvalue weighted by molar-refractivity contribution is 7.22. The zero-order chi connectivity index (χ0) is 17.9. The third-order valence-corrected chi connectivity index (χ3v) is 5.21. The Kier molecular flexibility index (Phi) is 4.62. The lowest BCUT2D eigenvalue weighted by molar-refractivity contribution is -0.152. The summed E-state index contributed by atoms with van der Waals surface area (Å²) < 4.78 is 17.1. The number of para-hydroxylation sites is 1. The highest BCUT2D eigenvalue weighted by Gasteiger charge is 2.32. The summed E-state index contributed by atoms with van der Waals surface area (Å²) in [6, 6.07) is 15.1. The zero-order valence-corrected chi connectivity index (χ0v) is 15.1. The fraction of sp³-hybridized carbons (Fsp3) is 0.263. The van der Waals surface area contributed by atoms with Gasteiger partial charge in [0.2, 0.25) is 0 Å². The Morgan fingerprint density at radius 1 is 1.15 bits per heavy atom. The number of aromatic nitrogens is 1. The van der Waals surface area contributed by atoms with E-state index in [2.05, 4.69) is 16.0 Å². The molecule has 0 bridgehead atoms. The SMILES string of the molecule is COc1ccc(OCC(=O)OC2CN(c3nc4ccccc4s3)C2)cc1. The van der Waals surface area contributed by atoms with Crippen molar-refractivity contribution in [1.82, 2.24) is 4.98 Å². The van der Waals surface area contributed by atoms with Crippen LogP contribution in [0.4, 0.5) is 5.13 Å². The second-order valence-corrected chi connectivity index (χ2v) is 6.95. The van der Waals surface area contributed by atoms with Crippen LogP contribution in [0.1, 0.15) is 0 Å². The average molecular weight is 370 g/mol. The molecule has 2 aromatic carbocycles. The van der Waals surface area contributed by atoms with Gasteiger partial charge in [-0.2, -0.15) is 0 Å². The summed E-state index contributed by atoms with van der Waals surface area (Å²) >= 11 is 1.65. The van der Waals surface area contributed by atoms with Crippen LogP contribution in [0.3, 0.4) is 0 Å². The number of ether oxygens (including phenoxy) is 3. The lowest BCUT2D eigenvalue weighted by atomic mass is 10.2. The molecular formula is C19H18N2O4S. The van der Waals surface area contributed by atoms with Crippen molar-refractivity contribution in [2.75, 3.05) is 31.7 Å². The number of fused-ring (bicyclic) bond motifs is 1. The van der Waals surface area contributed by atoms with Crippen LogP contribution in [0.5, 0.6) is 11.5 Å². The first-order valence-corrected chi connectivity index (χ1v) is 9.10. The molecule has 1 aliphatic heterocycles. The van der Waals surface area contributed by atoms with E-state index in [0.717, 1.165) is 21.1 Å². The molecule has 0 radical (unpaired) electrons. The molecule has 1 aliphatic rings. The molecule has 7 heteroatoms. The smallest absolute Gasteiger partial charge is 0.344 e. The molecule has 0 unspecified atom stereocenters. The van der Waals surface area contributed by atoms with Gasteiger partial charge >= 0.3 is 5.97 Å². The van der Waals surface area contributed by atoms with E-state index < -0.39 is 0 Å². The van der Waals surface area contributed by atoms with E-state index in [1.54, 1.807) is 42.7 Å². The van der Waals surface area contributed by atoms with E-state index in [-0.39, 0.29) is 18.7 Å². The fourth-order valence-electron chi connectivity index (χ4n) is 2.70. The first-order valence-electron chi connectivity index (χ1n) is 8.28. The third kappa shape index (κ3) is 3.57.